The van der Waals surface area contributed by atoms with E-state index in [0.29, 0.717) is 6.54 Å². The molecule has 9 heteroatoms. The minimum Gasteiger partial charge on any atom is -0.473 e. The Morgan fingerprint density at radius 2 is 1.31 bits per heavy atom. The number of benzene rings is 2. The predicted molar refractivity (Wildman–Crippen MR) is 145 cm³/mol. The van der Waals surface area contributed by atoms with E-state index in [2.05, 4.69) is 4.90 Å². The Bertz CT molecular complexity index is 1060. The highest BCUT2D eigenvalue weighted by molar-refractivity contribution is 6.27. The van der Waals surface area contributed by atoms with Gasteiger partial charge in [0.1, 0.15) is 6.61 Å². The number of rotatable bonds is 10. The van der Waals surface area contributed by atoms with Crippen LogP contribution in [-0.4, -0.2) is 70.6 Å². The molecule has 2 N–H and O–H groups in total. The maximum absolute atomic E-state index is 13.8. The minimum atomic E-state index is -1.82. The number of ketones is 1. The van der Waals surface area contributed by atoms with Crippen molar-refractivity contribution in [1.29, 1.82) is 0 Å². The lowest BCUT2D eigenvalue weighted by Gasteiger charge is -2.35. The zero-order chi connectivity index (χ0) is 28.9. The van der Waals surface area contributed by atoms with Crippen LogP contribution in [0.3, 0.4) is 0 Å². The number of piperidine rings is 1. The normalized spacial score (nSPS) is 15.3. The van der Waals surface area contributed by atoms with Crippen molar-refractivity contribution in [1.82, 2.24) is 4.90 Å². The van der Waals surface area contributed by atoms with E-state index in [0.717, 1.165) is 24.2 Å². The Labute approximate surface area is 229 Å². The fourth-order valence-electron chi connectivity index (χ4n) is 4.26. The summed E-state index contributed by atoms with van der Waals surface area (Å²) < 4.78 is 12.0. The van der Waals surface area contributed by atoms with Gasteiger partial charge in [-0.2, -0.15) is 0 Å². The Morgan fingerprint density at radius 1 is 0.795 bits per heavy atom. The standard InChI is InChI=1S/C28H37NO4.C2H2O4/c1-27(2,3)25(30)28(21-23-13-7-4-8-14-23,33-22-24-15-9-5-10-16-24)26(31)32-20-19-29-17-11-6-12-18-29;3-1(4)2(5)6/h4-5,7-10,13-16H,6,11-12,17-22H2,1-3H3;(H,3,4)(H,5,6). The molecule has 1 heterocycles. The Morgan fingerprint density at radius 3 is 1.79 bits per heavy atom. The molecular weight excluding hydrogens is 502 g/mol. The molecule has 2 aromatic carbocycles. The minimum absolute atomic E-state index is 0.138. The number of carbonyl (C=O) groups is 4. The first-order chi connectivity index (χ1) is 18.5. The lowest BCUT2D eigenvalue weighted by atomic mass is 9.77. The van der Waals surface area contributed by atoms with Crippen molar-refractivity contribution in [2.75, 3.05) is 26.2 Å². The lowest BCUT2D eigenvalue weighted by Crippen LogP contribution is -2.56. The largest absolute Gasteiger partial charge is 0.473 e. The number of ether oxygens (including phenoxy) is 2. The number of likely N-dealkylation sites (tertiary alicyclic amines) is 1. The van der Waals surface area contributed by atoms with Crippen LogP contribution in [0.1, 0.15) is 51.2 Å². The molecule has 0 amide bonds. The van der Waals surface area contributed by atoms with E-state index in [1.165, 1.54) is 19.3 Å². The van der Waals surface area contributed by atoms with E-state index in [4.69, 9.17) is 29.3 Å². The molecule has 2 aromatic rings. The summed E-state index contributed by atoms with van der Waals surface area (Å²) in [6.45, 7) is 8.59. The topological polar surface area (TPSA) is 130 Å². The van der Waals surface area contributed by atoms with Crippen molar-refractivity contribution in [2.24, 2.45) is 5.41 Å². The molecule has 0 radical (unpaired) electrons. The van der Waals surface area contributed by atoms with Crippen LogP contribution < -0.4 is 0 Å². The van der Waals surface area contributed by atoms with E-state index < -0.39 is 28.9 Å². The number of carboxylic acid groups (broad SMARTS) is 2. The van der Waals surface area contributed by atoms with Gasteiger partial charge in [-0.25, -0.2) is 14.4 Å². The van der Waals surface area contributed by atoms with Crippen LogP contribution in [-0.2, 0) is 41.7 Å². The summed E-state index contributed by atoms with van der Waals surface area (Å²) in [6.07, 6.45) is 3.74. The summed E-state index contributed by atoms with van der Waals surface area (Å²) in [5.41, 5.74) is -0.733. The molecule has 0 spiro atoms. The maximum atomic E-state index is 13.8. The van der Waals surface area contributed by atoms with E-state index in [-0.39, 0.29) is 25.4 Å². The van der Waals surface area contributed by atoms with Gasteiger partial charge in [0.25, 0.3) is 0 Å². The molecule has 212 valence electrons. The third kappa shape index (κ3) is 10.3. The molecular formula is C30H39NO8. The van der Waals surface area contributed by atoms with Gasteiger partial charge in [0, 0.05) is 18.4 Å². The summed E-state index contributed by atoms with van der Waals surface area (Å²) in [6, 6.07) is 19.2. The van der Waals surface area contributed by atoms with E-state index in [9.17, 15) is 9.59 Å². The number of carboxylic acids is 2. The van der Waals surface area contributed by atoms with Gasteiger partial charge in [0.05, 0.1) is 6.61 Å². The van der Waals surface area contributed by atoms with Crippen molar-refractivity contribution in [2.45, 2.75) is 58.7 Å². The average molecular weight is 542 g/mol. The molecule has 0 aliphatic carbocycles. The number of aliphatic carboxylic acids is 2. The van der Waals surface area contributed by atoms with Crippen LogP contribution in [0.25, 0.3) is 0 Å². The summed E-state index contributed by atoms with van der Waals surface area (Å²) in [4.78, 5) is 47.9. The van der Waals surface area contributed by atoms with Gasteiger partial charge < -0.3 is 19.7 Å². The molecule has 0 aromatic heterocycles. The maximum Gasteiger partial charge on any atom is 0.414 e. The highest BCUT2D eigenvalue weighted by atomic mass is 16.6. The van der Waals surface area contributed by atoms with Crippen molar-refractivity contribution >= 4 is 23.7 Å². The highest BCUT2D eigenvalue weighted by Crippen LogP contribution is 2.32. The SMILES string of the molecule is CC(C)(C)C(=O)C(Cc1ccccc1)(OCc1ccccc1)C(=O)OCCN1CCCCC1.O=C(O)C(=O)O. The van der Waals surface area contributed by atoms with E-state index in [1.54, 1.807) is 0 Å². The number of carbonyl (C=O) groups excluding carboxylic acids is 2. The van der Waals surface area contributed by atoms with Crippen molar-refractivity contribution < 1.29 is 38.9 Å². The molecule has 0 bridgehead atoms. The highest BCUT2D eigenvalue weighted by Gasteiger charge is 2.52. The predicted octanol–water partition coefficient (Wildman–Crippen LogP) is 3.98. The molecule has 1 aliphatic heterocycles. The first-order valence-corrected chi connectivity index (χ1v) is 13.1. The van der Waals surface area contributed by atoms with Crippen LogP contribution in [0, 0.1) is 5.41 Å². The average Bonchev–Trinajstić information content (AvgIpc) is 2.92. The third-order valence-electron chi connectivity index (χ3n) is 6.27. The molecule has 9 nitrogen and oxygen atoms in total. The number of nitrogens with zero attached hydrogens (tertiary/aromatic N) is 1. The smallest absolute Gasteiger partial charge is 0.414 e. The second-order valence-electron chi connectivity index (χ2n) is 10.5. The van der Waals surface area contributed by atoms with Gasteiger partial charge >= 0.3 is 17.9 Å². The molecule has 1 atom stereocenters. The Kier molecular flexibility index (Phi) is 12.3. The van der Waals surface area contributed by atoms with Crippen LogP contribution in [0.15, 0.2) is 60.7 Å². The van der Waals surface area contributed by atoms with Gasteiger partial charge in [-0.3, -0.25) is 9.69 Å². The fraction of sp³-hybridized carbons (Fsp3) is 0.467. The van der Waals surface area contributed by atoms with Gasteiger partial charge in [0.2, 0.25) is 5.60 Å². The third-order valence-corrected chi connectivity index (χ3v) is 6.27. The van der Waals surface area contributed by atoms with Crippen molar-refractivity contribution in [3.63, 3.8) is 0 Å². The fourth-order valence-corrected chi connectivity index (χ4v) is 4.26. The Balaban J connectivity index is 0.000000798. The summed E-state index contributed by atoms with van der Waals surface area (Å²) in [7, 11) is 0. The quantitative estimate of drug-likeness (QED) is 0.260. The molecule has 1 saturated heterocycles. The summed E-state index contributed by atoms with van der Waals surface area (Å²) in [5.74, 6) is -4.51. The zero-order valence-corrected chi connectivity index (χ0v) is 22.9. The van der Waals surface area contributed by atoms with Crippen molar-refractivity contribution in [3.8, 4) is 0 Å². The first kappa shape index (κ1) is 31.7. The van der Waals surface area contributed by atoms with Crippen LogP contribution in [0.5, 0.6) is 0 Å². The first-order valence-electron chi connectivity index (χ1n) is 13.1. The van der Waals surface area contributed by atoms with Crippen molar-refractivity contribution in [3.05, 3.63) is 71.8 Å². The monoisotopic (exact) mass is 541 g/mol. The van der Waals surface area contributed by atoms with E-state index in [1.807, 2.05) is 81.4 Å². The van der Waals surface area contributed by atoms with Gasteiger partial charge in [-0.1, -0.05) is 87.9 Å². The second kappa shape index (κ2) is 15.1. The van der Waals surface area contributed by atoms with E-state index >= 15 is 0 Å². The molecule has 1 aliphatic rings. The molecule has 39 heavy (non-hydrogen) atoms. The van der Waals surface area contributed by atoms with Gasteiger partial charge in [0.15, 0.2) is 5.78 Å². The molecule has 1 unspecified atom stereocenters. The molecule has 0 saturated carbocycles. The molecule has 1 fully saturated rings. The van der Waals surface area contributed by atoms with Gasteiger partial charge in [-0.15, -0.1) is 0 Å². The number of esters is 1. The van der Waals surface area contributed by atoms with Gasteiger partial charge in [-0.05, 0) is 37.1 Å². The van der Waals surface area contributed by atoms with Crippen LogP contribution in [0.4, 0.5) is 0 Å². The number of hydrogen-bond acceptors (Lipinski definition) is 7. The summed E-state index contributed by atoms with van der Waals surface area (Å²) >= 11 is 0. The zero-order valence-electron chi connectivity index (χ0n) is 22.9. The van der Waals surface area contributed by atoms with Crippen LogP contribution >= 0.6 is 0 Å². The lowest BCUT2D eigenvalue weighted by molar-refractivity contribution is -0.183. The molecule has 3 rings (SSSR count). The number of Topliss-reactive ketones (excluding diaryl/α,β-unsaturated/α-hetero) is 1. The van der Waals surface area contributed by atoms with Crippen LogP contribution in [0.2, 0.25) is 0 Å². The summed E-state index contributed by atoms with van der Waals surface area (Å²) in [5, 5.41) is 14.8. The second-order valence-corrected chi connectivity index (χ2v) is 10.5. The number of hydrogen-bond donors (Lipinski definition) is 2. The Hall–Kier alpha value is -3.56.